The summed E-state index contributed by atoms with van der Waals surface area (Å²) in [7, 11) is 0. The van der Waals surface area contributed by atoms with Gasteiger partial charge in [0.25, 0.3) is 0 Å². The fourth-order valence-corrected chi connectivity index (χ4v) is 3.80. The van der Waals surface area contributed by atoms with E-state index in [1.54, 1.807) is 18.6 Å². The molecule has 1 atom stereocenters. The lowest BCUT2D eigenvalue weighted by Crippen LogP contribution is -2.54. The van der Waals surface area contributed by atoms with Crippen LogP contribution in [0, 0.1) is 5.92 Å². The topological polar surface area (TPSA) is 92.9 Å². The number of aryl methyl sites for hydroxylation is 1. The summed E-state index contributed by atoms with van der Waals surface area (Å²) in [6.45, 7) is 2.91. The summed E-state index contributed by atoms with van der Waals surface area (Å²) in [6.07, 6.45) is 9.96. The van der Waals surface area contributed by atoms with Crippen molar-refractivity contribution in [3.8, 4) is 0 Å². The summed E-state index contributed by atoms with van der Waals surface area (Å²) >= 11 is 0. The Labute approximate surface area is 161 Å². The zero-order valence-corrected chi connectivity index (χ0v) is 15.7. The van der Waals surface area contributed by atoms with E-state index >= 15 is 0 Å². The van der Waals surface area contributed by atoms with Gasteiger partial charge < -0.3 is 11.1 Å². The summed E-state index contributed by atoms with van der Waals surface area (Å²) in [5.41, 5.74) is 6.79. The van der Waals surface area contributed by atoms with Crippen LogP contribution in [0.4, 0.5) is 0 Å². The lowest BCUT2D eigenvalue weighted by atomic mass is 9.86. The molecule has 1 fully saturated rings. The molecule has 0 spiro atoms. The average molecular weight is 367 g/mol. The Morgan fingerprint density at radius 2 is 1.96 bits per heavy atom. The molecule has 0 aromatic carbocycles. The van der Waals surface area contributed by atoms with Gasteiger partial charge in [-0.1, -0.05) is 6.07 Å². The van der Waals surface area contributed by atoms with E-state index in [1.165, 1.54) is 12.8 Å². The quantitative estimate of drug-likeness (QED) is 0.628. The number of nitrogens with two attached hydrogens (primary N) is 1. The van der Waals surface area contributed by atoms with E-state index in [0.717, 1.165) is 38.0 Å². The zero-order valence-electron chi connectivity index (χ0n) is 15.7. The molecule has 1 saturated heterocycles. The van der Waals surface area contributed by atoms with Gasteiger partial charge in [0.2, 0.25) is 5.91 Å². The fourth-order valence-electron chi connectivity index (χ4n) is 3.80. The molecule has 1 unspecified atom stereocenters. The molecule has 0 saturated carbocycles. The maximum Gasteiger partial charge on any atom is 0.243 e. The number of amides is 1. The summed E-state index contributed by atoms with van der Waals surface area (Å²) in [5, 5.41) is 6.89. The Bertz CT molecular complexity index is 703. The molecule has 1 aliphatic rings. The number of carbonyl (C=O) groups excluding carboxylic acids is 1. The zero-order chi connectivity index (χ0) is 19.0. The second-order valence-corrected chi connectivity index (χ2v) is 7.25. The minimum atomic E-state index is -0.961. The summed E-state index contributed by atoms with van der Waals surface area (Å²) in [4.78, 5) is 21.1. The molecule has 1 aliphatic heterocycles. The summed E-state index contributed by atoms with van der Waals surface area (Å²) in [5.74, 6) is 0.314. The Morgan fingerprint density at radius 1 is 1.19 bits per heavy atom. The van der Waals surface area contributed by atoms with Gasteiger partial charge in [0.15, 0.2) is 0 Å². The van der Waals surface area contributed by atoms with Gasteiger partial charge in [0.1, 0.15) is 5.54 Å². The van der Waals surface area contributed by atoms with Crippen molar-refractivity contribution in [2.75, 3.05) is 19.6 Å². The van der Waals surface area contributed by atoms with Gasteiger partial charge in [-0.3, -0.25) is 20.1 Å². The van der Waals surface area contributed by atoms with Gasteiger partial charge >= 0.3 is 0 Å². The van der Waals surface area contributed by atoms with Gasteiger partial charge in [-0.05, 0) is 87.5 Å². The maximum atomic E-state index is 12.6. The van der Waals surface area contributed by atoms with Crippen LogP contribution in [0.2, 0.25) is 0 Å². The lowest BCUT2D eigenvalue weighted by molar-refractivity contribution is -0.125. The van der Waals surface area contributed by atoms with Crippen LogP contribution in [0.3, 0.4) is 0 Å². The van der Waals surface area contributed by atoms with Crippen molar-refractivity contribution < 1.29 is 4.79 Å². The first kappa shape index (κ1) is 19.5. The fraction of sp³-hybridized carbons (Fsp3) is 0.476. The number of aromatic nitrogens is 2. The molecule has 6 nitrogen and oxygen atoms in total. The predicted octanol–water partition coefficient (Wildman–Crippen LogP) is 1.77. The number of piperidine rings is 1. The number of pyridine rings is 2. The number of primary amides is 1. The SMILES string of the molecule is NC(=O)C(CCc1ccncc1)(NCCC1CCNCC1)c1ccccn1. The van der Waals surface area contributed by atoms with Crippen LogP contribution in [-0.4, -0.2) is 35.5 Å². The average Bonchev–Trinajstić information content (AvgIpc) is 2.72. The Hall–Kier alpha value is -2.31. The molecule has 2 aromatic rings. The number of nitrogens with one attached hydrogen (secondary N) is 2. The van der Waals surface area contributed by atoms with E-state index in [-0.39, 0.29) is 5.91 Å². The molecule has 4 N–H and O–H groups in total. The molecule has 0 bridgehead atoms. The van der Waals surface area contributed by atoms with Crippen molar-refractivity contribution in [1.82, 2.24) is 20.6 Å². The number of hydrogen-bond donors (Lipinski definition) is 3. The molecular weight excluding hydrogens is 338 g/mol. The van der Waals surface area contributed by atoms with Crippen molar-refractivity contribution in [1.29, 1.82) is 0 Å². The molecule has 1 amide bonds. The van der Waals surface area contributed by atoms with Gasteiger partial charge in [-0.25, -0.2) is 0 Å². The molecule has 27 heavy (non-hydrogen) atoms. The van der Waals surface area contributed by atoms with E-state index in [4.69, 9.17) is 5.73 Å². The summed E-state index contributed by atoms with van der Waals surface area (Å²) in [6, 6.07) is 9.58. The van der Waals surface area contributed by atoms with Gasteiger partial charge in [-0.2, -0.15) is 0 Å². The molecule has 3 rings (SSSR count). The Morgan fingerprint density at radius 3 is 2.63 bits per heavy atom. The first-order chi connectivity index (χ1) is 13.2. The minimum Gasteiger partial charge on any atom is -0.368 e. The smallest absolute Gasteiger partial charge is 0.243 e. The van der Waals surface area contributed by atoms with Crippen molar-refractivity contribution in [2.24, 2.45) is 11.7 Å². The Balaban J connectivity index is 1.74. The standard InChI is InChI=1S/C21H29N5O/c22-20(27)21(19-3-1-2-11-25-19,10-4-17-5-12-23-13-6-17)26-16-9-18-7-14-24-15-8-18/h1-3,5-6,11-13,18,24,26H,4,7-10,14-16H2,(H2,22,27). The van der Waals surface area contributed by atoms with Crippen molar-refractivity contribution in [3.63, 3.8) is 0 Å². The van der Waals surface area contributed by atoms with E-state index in [1.807, 2.05) is 30.3 Å². The largest absolute Gasteiger partial charge is 0.368 e. The first-order valence-corrected chi connectivity index (χ1v) is 9.77. The van der Waals surface area contributed by atoms with Gasteiger partial charge in [0.05, 0.1) is 5.69 Å². The van der Waals surface area contributed by atoms with Crippen LogP contribution in [0.25, 0.3) is 0 Å². The molecule has 3 heterocycles. The molecular formula is C21H29N5O. The third kappa shape index (κ3) is 5.11. The van der Waals surface area contributed by atoms with Crippen LogP contribution in [0.1, 0.15) is 36.9 Å². The number of carbonyl (C=O) groups is 1. The molecule has 144 valence electrons. The molecule has 0 radical (unpaired) electrons. The van der Waals surface area contributed by atoms with Gasteiger partial charge in [0, 0.05) is 18.6 Å². The van der Waals surface area contributed by atoms with Crippen molar-refractivity contribution in [3.05, 3.63) is 60.2 Å². The van der Waals surface area contributed by atoms with Gasteiger partial charge in [-0.15, -0.1) is 0 Å². The lowest BCUT2D eigenvalue weighted by Gasteiger charge is -2.33. The highest BCUT2D eigenvalue weighted by molar-refractivity contribution is 5.85. The van der Waals surface area contributed by atoms with Crippen LogP contribution in [-0.2, 0) is 16.8 Å². The predicted molar refractivity (Wildman–Crippen MR) is 106 cm³/mol. The minimum absolute atomic E-state index is 0.374. The van der Waals surface area contributed by atoms with Crippen LogP contribution in [0.15, 0.2) is 48.9 Å². The van der Waals surface area contributed by atoms with E-state index < -0.39 is 5.54 Å². The van der Waals surface area contributed by atoms with E-state index in [2.05, 4.69) is 20.6 Å². The van der Waals surface area contributed by atoms with Crippen molar-refractivity contribution in [2.45, 2.75) is 37.6 Å². The van der Waals surface area contributed by atoms with E-state index in [9.17, 15) is 4.79 Å². The number of rotatable bonds is 9. The third-order valence-corrected chi connectivity index (χ3v) is 5.50. The highest BCUT2D eigenvalue weighted by Crippen LogP contribution is 2.26. The van der Waals surface area contributed by atoms with Crippen LogP contribution in [0.5, 0.6) is 0 Å². The molecule has 0 aliphatic carbocycles. The number of hydrogen-bond acceptors (Lipinski definition) is 5. The number of nitrogens with zero attached hydrogens (tertiary/aromatic N) is 2. The van der Waals surface area contributed by atoms with Crippen LogP contribution < -0.4 is 16.4 Å². The Kier molecular flexibility index (Phi) is 6.90. The maximum absolute atomic E-state index is 12.6. The van der Waals surface area contributed by atoms with Crippen molar-refractivity contribution >= 4 is 5.91 Å². The molecule has 6 heteroatoms. The highest BCUT2D eigenvalue weighted by atomic mass is 16.1. The first-order valence-electron chi connectivity index (χ1n) is 9.77. The van der Waals surface area contributed by atoms with Crippen LogP contribution >= 0.6 is 0 Å². The third-order valence-electron chi connectivity index (χ3n) is 5.50. The van der Waals surface area contributed by atoms with E-state index in [0.29, 0.717) is 18.0 Å². The second kappa shape index (κ2) is 9.58. The highest BCUT2D eigenvalue weighted by Gasteiger charge is 2.39. The monoisotopic (exact) mass is 367 g/mol. The summed E-state index contributed by atoms with van der Waals surface area (Å²) < 4.78 is 0. The second-order valence-electron chi connectivity index (χ2n) is 7.25. The molecule has 2 aromatic heterocycles. The normalized spacial score (nSPS) is 17.3.